The number of methoxy groups -OCH3 is 1. The average molecular weight is 209 g/mol. The van der Waals surface area contributed by atoms with Crippen molar-refractivity contribution in [2.75, 3.05) is 7.11 Å². The molecule has 1 aromatic heterocycles. The molecule has 0 aliphatic heterocycles. The zero-order valence-corrected chi connectivity index (χ0v) is 8.21. The molecule has 0 atom stereocenters. The van der Waals surface area contributed by atoms with Gasteiger partial charge < -0.3 is 9.15 Å². The molecule has 0 aliphatic rings. The van der Waals surface area contributed by atoms with Crippen LogP contribution < -0.4 is 9.68 Å². The summed E-state index contributed by atoms with van der Waals surface area (Å²) in [5.41, 5.74) is 0.739. The van der Waals surface area contributed by atoms with E-state index in [9.17, 15) is 4.79 Å². The number of ether oxygens (including phenoxy) is 1. The number of rotatable bonds is 2. The predicted molar refractivity (Wildman–Crippen MR) is 52.6 cm³/mol. The van der Waals surface area contributed by atoms with Gasteiger partial charge in [-0.25, -0.2) is 4.79 Å². The van der Waals surface area contributed by atoms with Crippen molar-refractivity contribution in [3.8, 4) is 17.2 Å². The Kier molecular flexibility index (Phi) is 2.32. The number of nitrogens with zero attached hydrogens (tertiary/aromatic N) is 1. The van der Waals surface area contributed by atoms with Gasteiger partial charge >= 0.3 is 4.94 Å². The van der Waals surface area contributed by atoms with Crippen LogP contribution in [0.4, 0.5) is 0 Å². The van der Waals surface area contributed by atoms with Crippen LogP contribution in [-0.2, 0) is 0 Å². The van der Waals surface area contributed by atoms with Crippen LogP contribution in [0.15, 0.2) is 33.5 Å². The second-order valence-corrected chi connectivity index (χ2v) is 3.27. The molecule has 0 amide bonds. The van der Waals surface area contributed by atoms with E-state index in [1.54, 1.807) is 19.2 Å². The molecule has 2 aromatic rings. The Morgan fingerprint density at radius 1 is 1.50 bits per heavy atom. The fourth-order valence-electron chi connectivity index (χ4n) is 1.06. The third-order valence-electron chi connectivity index (χ3n) is 1.70. The predicted octanol–water partition coefficient (Wildman–Crippen LogP) is 1.77. The fourth-order valence-corrected chi connectivity index (χ4v) is 1.48. The van der Waals surface area contributed by atoms with E-state index >= 15 is 0 Å². The lowest BCUT2D eigenvalue weighted by molar-refractivity contribution is 0.414. The van der Waals surface area contributed by atoms with Gasteiger partial charge in [0.2, 0.25) is 5.89 Å². The van der Waals surface area contributed by atoms with Crippen LogP contribution in [0.1, 0.15) is 0 Å². The molecular formula is C9H7NO3S. The van der Waals surface area contributed by atoms with Crippen LogP contribution in [0.25, 0.3) is 11.5 Å². The molecule has 4 nitrogen and oxygen atoms in total. The molecule has 5 heteroatoms. The third kappa shape index (κ3) is 1.67. The summed E-state index contributed by atoms with van der Waals surface area (Å²) in [6, 6.07) is 7.19. The molecule has 1 aromatic carbocycles. The van der Waals surface area contributed by atoms with Gasteiger partial charge in [-0.3, -0.25) is 0 Å². The van der Waals surface area contributed by atoms with E-state index in [1.807, 2.05) is 12.1 Å². The number of hydrogen-bond donors (Lipinski definition) is 0. The summed E-state index contributed by atoms with van der Waals surface area (Å²) in [5, 5.41) is 0. The molecule has 14 heavy (non-hydrogen) atoms. The Morgan fingerprint density at radius 3 is 3.00 bits per heavy atom. The Morgan fingerprint density at radius 2 is 2.36 bits per heavy atom. The van der Waals surface area contributed by atoms with E-state index in [0.29, 0.717) is 11.6 Å². The van der Waals surface area contributed by atoms with Gasteiger partial charge in [-0.2, -0.15) is 0 Å². The van der Waals surface area contributed by atoms with E-state index in [2.05, 4.69) is 4.37 Å². The first-order valence-electron chi connectivity index (χ1n) is 3.91. The first kappa shape index (κ1) is 8.96. The van der Waals surface area contributed by atoms with E-state index in [4.69, 9.17) is 9.15 Å². The lowest BCUT2D eigenvalue weighted by atomic mass is 10.2. The molecule has 2 rings (SSSR count). The number of aromatic nitrogens is 1. The van der Waals surface area contributed by atoms with Crippen molar-refractivity contribution in [1.29, 1.82) is 0 Å². The zero-order chi connectivity index (χ0) is 9.97. The Balaban J connectivity index is 2.46. The lowest BCUT2D eigenvalue weighted by Crippen LogP contribution is -1.84. The van der Waals surface area contributed by atoms with Crippen molar-refractivity contribution in [3.63, 3.8) is 0 Å². The van der Waals surface area contributed by atoms with Crippen molar-refractivity contribution < 1.29 is 9.15 Å². The van der Waals surface area contributed by atoms with Crippen LogP contribution in [0.5, 0.6) is 5.75 Å². The quantitative estimate of drug-likeness (QED) is 0.756. The molecule has 0 aliphatic carbocycles. The summed E-state index contributed by atoms with van der Waals surface area (Å²) in [6.07, 6.45) is 0. The van der Waals surface area contributed by atoms with E-state index in [1.165, 1.54) is 0 Å². The molecule has 0 radical (unpaired) electrons. The minimum absolute atomic E-state index is 0.332. The minimum Gasteiger partial charge on any atom is -0.497 e. The van der Waals surface area contributed by atoms with Gasteiger partial charge in [-0.15, -0.1) is 4.37 Å². The normalized spacial score (nSPS) is 10.1. The molecule has 72 valence electrons. The van der Waals surface area contributed by atoms with Crippen molar-refractivity contribution >= 4 is 11.5 Å². The lowest BCUT2D eigenvalue weighted by Gasteiger charge is -1.99. The molecule has 0 saturated carbocycles. The summed E-state index contributed by atoms with van der Waals surface area (Å²) in [7, 11) is 1.58. The molecule has 0 N–H and O–H groups in total. The molecule has 0 spiro atoms. The Hall–Kier alpha value is -1.62. The second kappa shape index (κ2) is 3.63. The van der Waals surface area contributed by atoms with E-state index < -0.39 is 4.94 Å². The highest BCUT2D eigenvalue weighted by Crippen LogP contribution is 2.21. The van der Waals surface area contributed by atoms with Gasteiger partial charge in [0.25, 0.3) is 0 Å². The molecule has 1 heterocycles. The van der Waals surface area contributed by atoms with Crippen molar-refractivity contribution in [2.24, 2.45) is 0 Å². The molecule has 0 fully saturated rings. The Bertz CT molecular complexity index is 489. The van der Waals surface area contributed by atoms with Crippen molar-refractivity contribution in [2.45, 2.75) is 0 Å². The van der Waals surface area contributed by atoms with Crippen LogP contribution in [0.2, 0.25) is 0 Å². The summed E-state index contributed by atoms with van der Waals surface area (Å²) in [4.78, 5) is 10.4. The summed E-state index contributed by atoms with van der Waals surface area (Å²) < 4.78 is 13.8. The van der Waals surface area contributed by atoms with Crippen molar-refractivity contribution in [1.82, 2.24) is 4.37 Å². The van der Waals surface area contributed by atoms with Crippen molar-refractivity contribution in [3.05, 3.63) is 34.0 Å². The highest BCUT2D eigenvalue weighted by atomic mass is 32.1. The van der Waals surface area contributed by atoms with E-state index in [-0.39, 0.29) is 0 Å². The first-order chi connectivity index (χ1) is 6.79. The topological polar surface area (TPSA) is 52.3 Å². The third-order valence-corrected chi connectivity index (χ3v) is 2.19. The SMILES string of the molecule is COc1cccc(-c2nsc(=O)o2)c1. The maximum absolute atomic E-state index is 10.8. The molecule has 0 saturated heterocycles. The Labute approximate surface area is 83.9 Å². The average Bonchev–Trinajstić information content (AvgIpc) is 2.65. The van der Waals surface area contributed by atoms with Crippen LogP contribution in [0, 0.1) is 0 Å². The smallest absolute Gasteiger partial charge is 0.414 e. The maximum atomic E-state index is 10.8. The zero-order valence-electron chi connectivity index (χ0n) is 7.39. The van der Waals surface area contributed by atoms with Gasteiger partial charge in [0.1, 0.15) is 5.75 Å². The summed E-state index contributed by atoms with van der Waals surface area (Å²) in [6.45, 7) is 0. The van der Waals surface area contributed by atoms with Crippen LogP contribution in [-0.4, -0.2) is 11.5 Å². The summed E-state index contributed by atoms with van der Waals surface area (Å²) in [5.74, 6) is 1.04. The van der Waals surface area contributed by atoms with Gasteiger partial charge in [0, 0.05) is 5.56 Å². The minimum atomic E-state index is -0.400. The maximum Gasteiger partial charge on any atom is 0.414 e. The van der Waals surface area contributed by atoms with Gasteiger partial charge in [-0.05, 0) is 18.2 Å². The largest absolute Gasteiger partial charge is 0.497 e. The highest BCUT2D eigenvalue weighted by molar-refractivity contribution is 7.02. The monoisotopic (exact) mass is 209 g/mol. The van der Waals surface area contributed by atoms with Gasteiger partial charge in [0.15, 0.2) is 0 Å². The summed E-state index contributed by atoms with van der Waals surface area (Å²) >= 11 is 0.800. The van der Waals surface area contributed by atoms with Crippen LogP contribution in [0.3, 0.4) is 0 Å². The van der Waals surface area contributed by atoms with Gasteiger partial charge in [0.05, 0.1) is 18.6 Å². The fraction of sp³-hybridized carbons (Fsp3) is 0.111. The number of benzene rings is 1. The first-order valence-corrected chi connectivity index (χ1v) is 4.68. The van der Waals surface area contributed by atoms with Gasteiger partial charge in [-0.1, -0.05) is 6.07 Å². The highest BCUT2D eigenvalue weighted by Gasteiger charge is 2.05. The molecule has 0 unspecified atom stereocenters. The van der Waals surface area contributed by atoms with Crippen LogP contribution >= 0.6 is 11.5 Å². The standard InChI is InChI=1S/C9H7NO3S/c1-12-7-4-2-3-6(5-7)8-10-14-9(11)13-8/h2-5H,1H3. The number of hydrogen-bond acceptors (Lipinski definition) is 5. The van der Waals surface area contributed by atoms with E-state index in [0.717, 1.165) is 17.1 Å². The molecular weight excluding hydrogens is 202 g/mol. The molecule has 0 bridgehead atoms. The second-order valence-electron chi connectivity index (χ2n) is 2.57.